The Hall–Kier alpha value is -7.31. The number of carbonyl (C=O) groups is 2. The number of nitrogens with one attached hydrogen (secondary N) is 2. The van der Waals surface area contributed by atoms with Gasteiger partial charge in [-0.25, -0.2) is 13.8 Å². The molecular weight excluding hydrogens is 1030 g/mol. The lowest BCUT2D eigenvalue weighted by Gasteiger charge is -2.54. The van der Waals surface area contributed by atoms with Crippen LogP contribution in [0.1, 0.15) is 87.4 Å². The summed E-state index contributed by atoms with van der Waals surface area (Å²) in [6, 6.07) is 14.8. The fourth-order valence-corrected chi connectivity index (χ4v) is 13.5. The molecule has 3 aromatic carbocycles. The van der Waals surface area contributed by atoms with Crippen LogP contribution in [-0.2, 0) is 9.59 Å². The van der Waals surface area contributed by atoms with Crippen molar-refractivity contribution in [1.82, 2.24) is 45.5 Å². The number of aliphatic hydroxyl groups is 1. The number of benzene rings is 3. The number of halogens is 2. The molecule has 12 rings (SSSR count). The minimum atomic E-state index is -0.840. The van der Waals surface area contributed by atoms with Crippen molar-refractivity contribution in [1.29, 1.82) is 0 Å². The molecule has 20 heteroatoms. The maximum absolute atomic E-state index is 17.1. The molecule has 5 fully saturated rings. The maximum atomic E-state index is 17.1. The van der Waals surface area contributed by atoms with Crippen LogP contribution < -0.4 is 25.2 Å². The Balaban J connectivity index is 0.679. The molecule has 2 amide bonds. The van der Waals surface area contributed by atoms with Gasteiger partial charge >= 0.3 is 6.01 Å². The second-order valence-electron chi connectivity index (χ2n) is 22.6. The van der Waals surface area contributed by atoms with Gasteiger partial charge in [-0.1, -0.05) is 55.3 Å². The second kappa shape index (κ2) is 21.1. The quantitative estimate of drug-likeness (QED) is 0.0772. The number of aliphatic hydroxyl groups excluding tert-OH is 1. The summed E-state index contributed by atoms with van der Waals surface area (Å²) in [7, 11) is 0. The number of carbonyl (C=O) groups excluding carboxylic acids is 2. The van der Waals surface area contributed by atoms with Crippen LogP contribution in [-0.4, -0.2) is 140 Å². The van der Waals surface area contributed by atoms with E-state index in [1.165, 1.54) is 35.4 Å². The highest BCUT2D eigenvalue weighted by molar-refractivity contribution is 7.13. The minimum Gasteiger partial charge on any atom is -0.508 e. The van der Waals surface area contributed by atoms with E-state index in [0.29, 0.717) is 47.8 Å². The van der Waals surface area contributed by atoms with Gasteiger partial charge in [0.15, 0.2) is 17.4 Å². The number of aromatic nitrogens is 5. The smallest absolute Gasteiger partial charge is 0.319 e. The molecule has 410 valence electrons. The van der Waals surface area contributed by atoms with E-state index >= 15 is 8.78 Å². The Morgan fingerprint density at radius 1 is 1.00 bits per heavy atom. The van der Waals surface area contributed by atoms with Crippen molar-refractivity contribution in [2.24, 2.45) is 11.3 Å². The summed E-state index contributed by atoms with van der Waals surface area (Å²) in [5, 5.41) is 33.8. The van der Waals surface area contributed by atoms with Gasteiger partial charge in [-0.2, -0.15) is 9.97 Å². The monoisotopic (exact) mass is 1090 g/mol. The molecule has 5 saturated heterocycles. The molecule has 5 aliphatic rings. The van der Waals surface area contributed by atoms with Gasteiger partial charge in [0.25, 0.3) is 0 Å². The van der Waals surface area contributed by atoms with Crippen molar-refractivity contribution >= 4 is 56.5 Å². The van der Waals surface area contributed by atoms with Crippen molar-refractivity contribution in [3.05, 3.63) is 101 Å². The third-order valence-corrected chi connectivity index (χ3v) is 17.9. The summed E-state index contributed by atoms with van der Waals surface area (Å²) in [6.07, 6.45) is 10.6. The second-order valence-corrected chi connectivity index (χ2v) is 23.4. The molecule has 7 aromatic rings. The molecule has 79 heavy (non-hydrogen) atoms. The zero-order chi connectivity index (χ0) is 54.9. The number of anilines is 2. The highest BCUT2D eigenvalue weighted by Crippen LogP contribution is 2.44. The molecule has 2 unspecified atom stereocenters. The van der Waals surface area contributed by atoms with Crippen LogP contribution in [0.5, 0.6) is 11.8 Å². The predicted octanol–water partition coefficient (Wildman–Crippen LogP) is 7.73. The number of thiazole rings is 1. The Kier molecular flexibility index (Phi) is 14.0. The number of phenols is 1. The molecule has 0 saturated carbocycles. The number of amides is 2. The van der Waals surface area contributed by atoms with E-state index < -0.39 is 29.7 Å². The number of rotatable bonds is 14. The first kappa shape index (κ1) is 52.4. The third-order valence-electron chi connectivity index (χ3n) is 16.9. The number of pyridine rings is 1. The van der Waals surface area contributed by atoms with Crippen LogP contribution in [0.2, 0.25) is 0 Å². The summed E-state index contributed by atoms with van der Waals surface area (Å²) in [5.74, 6) is 0.978. The fraction of sp³-hybridized carbons (Fsp3) is 0.441. The van der Waals surface area contributed by atoms with E-state index in [2.05, 4.69) is 51.4 Å². The summed E-state index contributed by atoms with van der Waals surface area (Å²) >= 11 is 1.58. The lowest BCUT2D eigenvalue weighted by Crippen LogP contribution is -2.60. The van der Waals surface area contributed by atoms with E-state index in [9.17, 15) is 19.8 Å². The number of ether oxygens (including phenoxy) is 1. The molecule has 5 aliphatic heterocycles. The van der Waals surface area contributed by atoms with Crippen molar-refractivity contribution in [3.8, 4) is 45.8 Å². The number of β-amino-alcohol motifs (C(OH)–C–C–N with tert-alkyl or cyclic N) is 1. The van der Waals surface area contributed by atoms with Gasteiger partial charge in [-0.15, -0.1) is 17.8 Å². The number of phenolic OH excluding ortho intramolecular Hbond substituents is 1. The molecule has 6 atom stereocenters. The highest BCUT2D eigenvalue weighted by Gasteiger charge is 2.47. The molecule has 1 spiro atoms. The average molecular weight is 1090 g/mol. The Morgan fingerprint density at radius 2 is 1.76 bits per heavy atom. The summed E-state index contributed by atoms with van der Waals surface area (Å²) < 4.78 is 44.4. The SMILES string of the molecule is C#Cc1c(F)ccc2cc(O)cc(-c3ncc4c(N5CC6CCC(C5)N6)nc(OCCN5CCC6(CC5)CN(c5cc([C@H](C(=O)N7C[C@H](O)C[C@H]7C(=O)N[C@@H](C)c7ccc(-c8scnc8C)cc7)C(C)C)on5)C6)nc4c3F)c12. The van der Waals surface area contributed by atoms with Gasteiger partial charge in [-0.3, -0.25) is 19.5 Å². The molecule has 17 nitrogen and oxygen atoms in total. The fourth-order valence-electron chi connectivity index (χ4n) is 12.7. The number of hydrogen-bond donors (Lipinski definition) is 4. The number of aromatic hydroxyl groups is 1. The van der Waals surface area contributed by atoms with Gasteiger partial charge < -0.3 is 44.8 Å². The minimum absolute atomic E-state index is 0.00210. The van der Waals surface area contributed by atoms with Crippen LogP contribution in [0, 0.1) is 42.2 Å². The zero-order valence-corrected chi connectivity index (χ0v) is 45.4. The Bertz CT molecular complexity index is 3500. The number of fused-ring (bicyclic) bond motifs is 4. The average Bonchev–Trinajstić information content (AvgIpc) is 4.39. The van der Waals surface area contributed by atoms with Crippen LogP contribution >= 0.6 is 11.3 Å². The molecule has 0 radical (unpaired) electrons. The van der Waals surface area contributed by atoms with Crippen LogP contribution in [0.3, 0.4) is 0 Å². The Morgan fingerprint density at radius 3 is 2.47 bits per heavy atom. The first-order valence-corrected chi connectivity index (χ1v) is 28.2. The summed E-state index contributed by atoms with van der Waals surface area (Å²) in [5.41, 5.74) is 4.82. The first-order chi connectivity index (χ1) is 38.1. The number of hydrogen-bond acceptors (Lipinski definition) is 16. The van der Waals surface area contributed by atoms with Gasteiger partial charge in [0.2, 0.25) is 11.8 Å². The molecule has 4 N–H and O–H groups in total. The molecule has 0 aliphatic carbocycles. The highest BCUT2D eigenvalue weighted by atomic mass is 32.1. The Labute approximate surface area is 460 Å². The lowest BCUT2D eigenvalue weighted by molar-refractivity contribution is -0.141. The van der Waals surface area contributed by atoms with E-state index in [0.717, 1.165) is 73.6 Å². The first-order valence-electron chi connectivity index (χ1n) is 27.3. The van der Waals surface area contributed by atoms with Crippen molar-refractivity contribution in [2.45, 2.75) is 96.0 Å². The van der Waals surface area contributed by atoms with Crippen LogP contribution in [0.15, 0.2) is 70.8 Å². The van der Waals surface area contributed by atoms with Crippen molar-refractivity contribution in [3.63, 3.8) is 0 Å². The van der Waals surface area contributed by atoms with E-state index in [1.54, 1.807) is 11.3 Å². The van der Waals surface area contributed by atoms with E-state index in [1.807, 2.05) is 63.5 Å². The summed E-state index contributed by atoms with van der Waals surface area (Å²) in [4.78, 5) is 56.0. The number of piperazine rings is 1. The van der Waals surface area contributed by atoms with Crippen molar-refractivity contribution < 1.29 is 37.8 Å². The normalized spacial score (nSPS) is 21.7. The zero-order valence-electron chi connectivity index (χ0n) is 44.6. The lowest BCUT2D eigenvalue weighted by atomic mass is 9.72. The number of nitrogens with zero attached hydrogens (tertiary/aromatic N) is 9. The predicted molar refractivity (Wildman–Crippen MR) is 297 cm³/mol. The molecule has 4 aromatic heterocycles. The number of likely N-dealkylation sites (tertiary alicyclic amines) is 2. The molecular formula is C59H63F2N11O6S. The summed E-state index contributed by atoms with van der Waals surface area (Å²) in [6.45, 7) is 13.3. The topological polar surface area (TPSA) is 198 Å². The largest absolute Gasteiger partial charge is 0.508 e. The maximum Gasteiger partial charge on any atom is 0.319 e. The van der Waals surface area contributed by atoms with E-state index in [-0.39, 0.29) is 100 Å². The molecule has 2 bridgehead atoms. The number of terminal acetylenes is 1. The van der Waals surface area contributed by atoms with Gasteiger partial charge in [-0.05, 0) is 93.3 Å². The molecule has 9 heterocycles. The van der Waals surface area contributed by atoms with Crippen molar-refractivity contribution in [2.75, 3.05) is 68.8 Å². The van der Waals surface area contributed by atoms with Gasteiger partial charge in [0, 0.05) is 86.4 Å². The standard InChI is InChI=1S/C59H63F2N11O6S/c1-6-42-45(60)14-11-37-21-40(73)22-43(50(37)42)52-51(61)53-44(25-62-52)55(70-26-38-12-13-39(27-70)65-38)67-58(66-53)77-20-19-69-17-15-59(16-18-69)29-71(30-59)48-24-47(78-68-48)49(32(2)3)57(76)72-28-41(74)23-46(72)56(75)64-33(4)35-7-9-36(10-8-35)54-34(5)63-31-79-54/h1,7-11,14,21-22,24-25,31-33,38-39,41,46,49,65,73-74H,12-13,15-20,23,26-30H2,2-5H3,(H,64,75)/t33-,38?,39?,41+,46-,49+/m0/s1. The third kappa shape index (κ3) is 9.99. The number of aryl methyl sites for hydroxylation is 1. The van der Waals surface area contributed by atoms with Gasteiger partial charge in [0.05, 0.1) is 39.2 Å². The van der Waals surface area contributed by atoms with Crippen LogP contribution in [0.4, 0.5) is 20.4 Å². The van der Waals surface area contributed by atoms with E-state index in [4.69, 9.17) is 20.7 Å². The number of piperidine rings is 1. The van der Waals surface area contributed by atoms with Gasteiger partial charge in [0.1, 0.15) is 47.2 Å². The van der Waals surface area contributed by atoms with Crippen LogP contribution in [0.25, 0.3) is 43.4 Å².